The first-order valence-corrected chi connectivity index (χ1v) is 8.04. The van der Waals surface area contributed by atoms with Crippen molar-refractivity contribution in [2.45, 2.75) is 6.10 Å². The molecule has 1 amide bonds. The number of amides is 1. The standard InChI is InChI=1S/C17H16BrNO4/c18-13-5-1-2-6-14(13)22-11-17(20)19-9-12-10-21-15-7-3-4-8-16(15)23-12/h1-8,12H,9-11H2,(H,19,20)/t12-/m1/s1. The number of carbonyl (C=O) groups is 1. The van der Waals surface area contributed by atoms with Crippen LogP contribution in [0.25, 0.3) is 0 Å². The summed E-state index contributed by atoms with van der Waals surface area (Å²) in [4.78, 5) is 11.9. The zero-order chi connectivity index (χ0) is 16.1. The van der Waals surface area contributed by atoms with E-state index in [0.717, 1.165) is 10.2 Å². The Morgan fingerprint density at radius 1 is 1.17 bits per heavy atom. The molecule has 0 saturated heterocycles. The van der Waals surface area contributed by atoms with Crippen LogP contribution in [0, 0.1) is 0 Å². The third-order valence-electron chi connectivity index (χ3n) is 3.29. The summed E-state index contributed by atoms with van der Waals surface area (Å²) in [6.07, 6.45) is -0.211. The Balaban J connectivity index is 1.44. The maximum atomic E-state index is 11.9. The Bertz CT molecular complexity index is 692. The van der Waals surface area contributed by atoms with E-state index in [9.17, 15) is 4.79 Å². The van der Waals surface area contributed by atoms with Crippen LogP contribution in [0.15, 0.2) is 53.0 Å². The largest absolute Gasteiger partial charge is 0.486 e. The summed E-state index contributed by atoms with van der Waals surface area (Å²) in [5.41, 5.74) is 0. The molecule has 1 aliphatic rings. The maximum absolute atomic E-state index is 11.9. The molecule has 0 aliphatic carbocycles. The molecule has 2 aromatic rings. The van der Waals surface area contributed by atoms with Crippen molar-refractivity contribution in [3.8, 4) is 17.2 Å². The maximum Gasteiger partial charge on any atom is 0.258 e. The molecule has 0 saturated carbocycles. The Hall–Kier alpha value is -2.21. The van der Waals surface area contributed by atoms with Gasteiger partial charge < -0.3 is 19.5 Å². The van der Waals surface area contributed by atoms with E-state index in [-0.39, 0.29) is 18.6 Å². The normalized spacial score (nSPS) is 15.8. The Kier molecular flexibility index (Phi) is 5.02. The van der Waals surface area contributed by atoms with Crippen LogP contribution in [0.5, 0.6) is 17.2 Å². The first-order chi connectivity index (χ1) is 11.2. The van der Waals surface area contributed by atoms with Gasteiger partial charge in [0.25, 0.3) is 5.91 Å². The van der Waals surface area contributed by atoms with Gasteiger partial charge in [0, 0.05) is 0 Å². The average Bonchev–Trinajstić information content (AvgIpc) is 2.59. The SMILES string of the molecule is O=C(COc1ccccc1Br)NC[C@@H]1COc2ccccc2O1. The summed E-state index contributed by atoms with van der Waals surface area (Å²) in [5.74, 6) is 1.85. The number of carbonyl (C=O) groups excluding carboxylic acids is 1. The van der Waals surface area contributed by atoms with Gasteiger partial charge in [-0.15, -0.1) is 0 Å². The van der Waals surface area contributed by atoms with Crippen molar-refractivity contribution in [2.24, 2.45) is 0 Å². The molecule has 1 aliphatic heterocycles. The lowest BCUT2D eigenvalue weighted by molar-refractivity contribution is -0.123. The number of fused-ring (bicyclic) bond motifs is 1. The molecule has 5 nitrogen and oxygen atoms in total. The van der Waals surface area contributed by atoms with Gasteiger partial charge in [-0.2, -0.15) is 0 Å². The molecule has 0 aromatic heterocycles. The molecule has 6 heteroatoms. The van der Waals surface area contributed by atoms with Crippen molar-refractivity contribution in [3.63, 3.8) is 0 Å². The highest BCUT2D eigenvalue weighted by atomic mass is 79.9. The van der Waals surface area contributed by atoms with E-state index in [1.54, 1.807) is 6.07 Å². The Morgan fingerprint density at radius 2 is 1.91 bits per heavy atom. The van der Waals surface area contributed by atoms with Crippen molar-refractivity contribution < 1.29 is 19.0 Å². The molecule has 3 rings (SSSR count). The third-order valence-corrected chi connectivity index (χ3v) is 3.94. The third kappa shape index (κ3) is 4.16. The molecule has 0 spiro atoms. The Morgan fingerprint density at radius 3 is 2.74 bits per heavy atom. The van der Waals surface area contributed by atoms with Gasteiger partial charge in [0.15, 0.2) is 18.1 Å². The van der Waals surface area contributed by atoms with Crippen molar-refractivity contribution in [3.05, 3.63) is 53.0 Å². The number of halogens is 1. The van der Waals surface area contributed by atoms with Crippen LogP contribution in [0.2, 0.25) is 0 Å². The van der Waals surface area contributed by atoms with Gasteiger partial charge in [-0.1, -0.05) is 24.3 Å². The minimum absolute atomic E-state index is 0.0488. The quantitative estimate of drug-likeness (QED) is 0.870. The van der Waals surface area contributed by atoms with E-state index in [0.29, 0.717) is 24.7 Å². The highest BCUT2D eigenvalue weighted by Crippen LogP contribution is 2.30. The van der Waals surface area contributed by atoms with Crippen molar-refractivity contribution in [2.75, 3.05) is 19.8 Å². The molecular weight excluding hydrogens is 362 g/mol. The summed E-state index contributed by atoms with van der Waals surface area (Å²) in [5, 5.41) is 2.79. The molecule has 120 valence electrons. The summed E-state index contributed by atoms with van der Waals surface area (Å²) in [6.45, 7) is 0.724. The van der Waals surface area contributed by atoms with Crippen LogP contribution >= 0.6 is 15.9 Å². The molecule has 1 atom stereocenters. The predicted molar refractivity (Wildman–Crippen MR) is 89.0 cm³/mol. The molecule has 0 unspecified atom stereocenters. The van der Waals surface area contributed by atoms with Crippen molar-refractivity contribution >= 4 is 21.8 Å². The monoisotopic (exact) mass is 377 g/mol. The van der Waals surface area contributed by atoms with Gasteiger partial charge in [-0.3, -0.25) is 4.79 Å². The van der Waals surface area contributed by atoms with Gasteiger partial charge in [0.2, 0.25) is 0 Å². The number of benzene rings is 2. The van der Waals surface area contributed by atoms with Gasteiger partial charge in [0.1, 0.15) is 18.5 Å². The van der Waals surface area contributed by atoms with E-state index in [1.165, 1.54) is 0 Å². The fourth-order valence-corrected chi connectivity index (χ4v) is 2.55. The number of nitrogens with one attached hydrogen (secondary N) is 1. The number of rotatable bonds is 5. The highest BCUT2D eigenvalue weighted by Gasteiger charge is 2.21. The first kappa shape index (κ1) is 15.7. The lowest BCUT2D eigenvalue weighted by atomic mass is 10.2. The van der Waals surface area contributed by atoms with Crippen LogP contribution < -0.4 is 19.5 Å². The lowest BCUT2D eigenvalue weighted by Gasteiger charge is -2.26. The smallest absolute Gasteiger partial charge is 0.258 e. The predicted octanol–water partition coefficient (Wildman–Crippen LogP) is 2.78. The molecule has 1 N–H and O–H groups in total. The van der Waals surface area contributed by atoms with Crippen LogP contribution in [0.4, 0.5) is 0 Å². The zero-order valence-electron chi connectivity index (χ0n) is 12.3. The molecule has 0 radical (unpaired) electrons. The van der Waals surface area contributed by atoms with Gasteiger partial charge in [0.05, 0.1) is 11.0 Å². The van der Waals surface area contributed by atoms with Crippen molar-refractivity contribution in [1.82, 2.24) is 5.32 Å². The fraction of sp³-hybridized carbons (Fsp3) is 0.235. The molecule has 0 fully saturated rings. The molecular formula is C17H16BrNO4. The number of hydrogen-bond donors (Lipinski definition) is 1. The van der Waals surface area contributed by atoms with Crippen molar-refractivity contribution in [1.29, 1.82) is 0 Å². The van der Waals surface area contributed by atoms with Crippen LogP contribution in [-0.4, -0.2) is 31.8 Å². The van der Waals surface area contributed by atoms with E-state index in [1.807, 2.05) is 42.5 Å². The van der Waals surface area contributed by atoms with Gasteiger partial charge in [-0.05, 0) is 40.2 Å². The Labute approximate surface area is 142 Å². The molecule has 2 aromatic carbocycles. The second-order valence-electron chi connectivity index (χ2n) is 5.02. The van der Waals surface area contributed by atoms with Gasteiger partial charge in [-0.25, -0.2) is 0 Å². The molecule has 23 heavy (non-hydrogen) atoms. The summed E-state index contributed by atoms with van der Waals surface area (Å²) in [7, 11) is 0. The summed E-state index contributed by atoms with van der Waals surface area (Å²) < 4.78 is 17.7. The first-order valence-electron chi connectivity index (χ1n) is 7.25. The number of para-hydroxylation sites is 3. The number of hydrogen-bond acceptors (Lipinski definition) is 4. The van der Waals surface area contributed by atoms with E-state index < -0.39 is 0 Å². The fourth-order valence-electron chi connectivity index (χ4n) is 2.15. The zero-order valence-corrected chi connectivity index (χ0v) is 13.9. The van der Waals surface area contributed by atoms with Crippen LogP contribution in [0.3, 0.4) is 0 Å². The highest BCUT2D eigenvalue weighted by molar-refractivity contribution is 9.10. The minimum Gasteiger partial charge on any atom is -0.486 e. The summed E-state index contributed by atoms with van der Waals surface area (Å²) in [6, 6.07) is 14.9. The second kappa shape index (κ2) is 7.37. The van der Waals surface area contributed by atoms with Crippen LogP contribution in [0.1, 0.15) is 0 Å². The van der Waals surface area contributed by atoms with Crippen LogP contribution in [-0.2, 0) is 4.79 Å². The van der Waals surface area contributed by atoms with E-state index >= 15 is 0 Å². The second-order valence-corrected chi connectivity index (χ2v) is 5.88. The lowest BCUT2D eigenvalue weighted by Crippen LogP contribution is -2.42. The van der Waals surface area contributed by atoms with Gasteiger partial charge >= 0.3 is 0 Å². The molecule has 1 heterocycles. The average molecular weight is 378 g/mol. The van der Waals surface area contributed by atoms with E-state index in [2.05, 4.69) is 21.2 Å². The summed E-state index contributed by atoms with van der Waals surface area (Å²) >= 11 is 3.37. The number of ether oxygens (including phenoxy) is 3. The van der Waals surface area contributed by atoms with E-state index in [4.69, 9.17) is 14.2 Å². The minimum atomic E-state index is -0.211. The topological polar surface area (TPSA) is 56.8 Å². The molecule has 0 bridgehead atoms.